The lowest BCUT2D eigenvalue weighted by molar-refractivity contribution is 0.570. The van der Waals surface area contributed by atoms with E-state index in [9.17, 15) is 12.8 Å². The summed E-state index contributed by atoms with van der Waals surface area (Å²) in [5.41, 5.74) is 1.20. The van der Waals surface area contributed by atoms with E-state index in [1.807, 2.05) is 6.07 Å². The minimum atomic E-state index is -3.99. The molecule has 108 valence electrons. The molecule has 0 fully saturated rings. The number of aromatic amines is 1. The van der Waals surface area contributed by atoms with Gasteiger partial charge in [0.2, 0.25) is 0 Å². The van der Waals surface area contributed by atoms with Gasteiger partial charge in [0.1, 0.15) is 10.7 Å². The van der Waals surface area contributed by atoms with Crippen LogP contribution in [-0.4, -0.2) is 13.4 Å². The Morgan fingerprint density at radius 3 is 2.71 bits per heavy atom. The van der Waals surface area contributed by atoms with Crippen LogP contribution >= 0.6 is 15.9 Å². The number of halogens is 2. The number of nitrogens with one attached hydrogen (secondary N) is 2. The van der Waals surface area contributed by atoms with Crippen molar-refractivity contribution >= 4 is 42.5 Å². The molecule has 2 aromatic carbocycles. The van der Waals surface area contributed by atoms with E-state index in [1.54, 1.807) is 24.4 Å². The van der Waals surface area contributed by atoms with Gasteiger partial charge in [-0.1, -0.05) is 22.0 Å². The summed E-state index contributed by atoms with van der Waals surface area (Å²) < 4.78 is 41.4. The van der Waals surface area contributed by atoms with Gasteiger partial charge in [-0.2, -0.15) is 0 Å². The first kappa shape index (κ1) is 14.1. The first-order valence-electron chi connectivity index (χ1n) is 6.01. The average Bonchev–Trinajstić information content (AvgIpc) is 2.87. The van der Waals surface area contributed by atoms with E-state index in [-0.39, 0.29) is 0 Å². The molecule has 0 saturated heterocycles. The summed E-state index contributed by atoms with van der Waals surface area (Å²) in [6, 6.07) is 10.7. The van der Waals surface area contributed by atoms with Crippen LogP contribution in [0.15, 0.2) is 58.0 Å². The molecule has 0 bridgehead atoms. The molecule has 3 aromatic rings. The highest BCUT2D eigenvalue weighted by atomic mass is 79.9. The zero-order valence-electron chi connectivity index (χ0n) is 10.6. The molecule has 0 unspecified atom stereocenters. The van der Waals surface area contributed by atoms with E-state index in [4.69, 9.17) is 0 Å². The van der Waals surface area contributed by atoms with Crippen molar-refractivity contribution in [2.24, 2.45) is 0 Å². The van der Waals surface area contributed by atoms with Crippen LogP contribution in [0.2, 0.25) is 0 Å². The first-order valence-corrected chi connectivity index (χ1v) is 8.29. The van der Waals surface area contributed by atoms with Crippen molar-refractivity contribution in [1.29, 1.82) is 0 Å². The number of hydrogen-bond acceptors (Lipinski definition) is 2. The van der Waals surface area contributed by atoms with Crippen LogP contribution in [0.1, 0.15) is 0 Å². The SMILES string of the molecule is O=S(=O)(Nc1cccc2[nH]ccc12)c1ccc(Br)cc1F. The summed E-state index contributed by atoms with van der Waals surface area (Å²) in [6.07, 6.45) is 1.71. The minimum absolute atomic E-state index is 0.391. The molecule has 7 heteroatoms. The van der Waals surface area contributed by atoms with Crippen LogP contribution in [-0.2, 0) is 10.0 Å². The highest BCUT2D eigenvalue weighted by Crippen LogP contribution is 2.26. The zero-order chi connectivity index (χ0) is 15.0. The van der Waals surface area contributed by atoms with Crippen LogP contribution in [0.4, 0.5) is 10.1 Å². The third kappa shape index (κ3) is 2.66. The van der Waals surface area contributed by atoms with Gasteiger partial charge in [0.25, 0.3) is 10.0 Å². The summed E-state index contributed by atoms with van der Waals surface area (Å²) in [6.45, 7) is 0. The van der Waals surface area contributed by atoms with Gasteiger partial charge >= 0.3 is 0 Å². The van der Waals surface area contributed by atoms with Crippen LogP contribution < -0.4 is 4.72 Å². The Bertz CT molecular complexity index is 922. The fraction of sp³-hybridized carbons (Fsp3) is 0. The third-order valence-electron chi connectivity index (χ3n) is 3.02. The van der Waals surface area contributed by atoms with Gasteiger partial charge in [0, 0.05) is 21.6 Å². The van der Waals surface area contributed by atoms with Crippen molar-refractivity contribution in [3.63, 3.8) is 0 Å². The third-order valence-corrected chi connectivity index (χ3v) is 4.91. The van der Waals surface area contributed by atoms with Crippen molar-refractivity contribution < 1.29 is 12.8 Å². The van der Waals surface area contributed by atoms with Gasteiger partial charge in [-0.05, 0) is 36.4 Å². The van der Waals surface area contributed by atoms with Crippen molar-refractivity contribution in [3.05, 3.63) is 59.0 Å². The highest BCUT2D eigenvalue weighted by Gasteiger charge is 2.20. The molecule has 0 aliphatic heterocycles. The van der Waals surface area contributed by atoms with E-state index in [1.165, 1.54) is 12.1 Å². The number of rotatable bonds is 3. The van der Waals surface area contributed by atoms with Crippen LogP contribution in [0.25, 0.3) is 10.9 Å². The van der Waals surface area contributed by atoms with Gasteiger partial charge in [0.05, 0.1) is 5.69 Å². The van der Waals surface area contributed by atoms with Crippen LogP contribution in [0, 0.1) is 5.82 Å². The fourth-order valence-corrected chi connectivity index (χ4v) is 3.54. The molecule has 0 aliphatic carbocycles. The molecular formula is C14H10BrFN2O2S. The number of hydrogen-bond donors (Lipinski definition) is 2. The fourth-order valence-electron chi connectivity index (χ4n) is 2.07. The predicted molar refractivity (Wildman–Crippen MR) is 83.2 cm³/mol. The van der Waals surface area contributed by atoms with Gasteiger partial charge in [-0.25, -0.2) is 12.8 Å². The van der Waals surface area contributed by atoms with E-state index < -0.39 is 20.7 Å². The minimum Gasteiger partial charge on any atom is -0.361 e. The van der Waals surface area contributed by atoms with E-state index in [2.05, 4.69) is 25.6 Å². The molecule has 3 rings (SSSR count). The maximum Gasteiger partial charge on any atom is 0.264 e. The maximum atomic E-state index is 13.8. The summed E-state index contributed by atoms with van der Waals surface area (Å²) in [5, 5.41) is 0.721. The van der Waals surface area contributed by atoms with Gasteiger partial charge in [-0.3, -0.25) is 4.72 Å². The zero-order valence-corrected chi connectivity index (χ0v) is 13.0. The number of sulfonamides is 1. The Hall–Kier alpha value is -1.86. The monoisotopic (exact) mass is 368 g/mol. The Morgan fingerprint density at radius 1 is 1.14 bits per heavy atom. The Morgan fingerprint density at radius 2 is 1.95 bits per heavy atom. The topological polar surface area (TPSA) is 62.0 Å². The summed E-state index contributed by atoms with van der Waals surface area (Å²) in [7, 11) is -3.99. The number of fused-ring (bicyclic) bond motifs is 1. The number of benzene rings is 2. The number of H-pyrrole nitrogens is 1. The molecule has 0 aliphatic rings. The quantitative estimate of drug-likeness (QED) is 0.736. The molecule has 1 heterocycles. The molecule has 4 nitrogen and oxygen atoms in total. The second-order valence-corrected chi connectivity index (χ2v) is 6.99. The molecule has 0 atom stereocenters. The summed E-state index contributed by atoms with van der Waals surface area (Å²) >= 11 is 3.10. The second kappa shape index (κ2) is 5.16. The molecule has 0 saturated carbocycles. The molecule has 0 amide bonds. The van der Waals surface area contributed by atoms with E-state index >= 15 is 0 Å². The molecule has 21 heavy (non-hydrogen) atoms. The molecule has 0 radical (unpaired) electrons. The Balaban J connectivity index is 2.05. The van der Waals surface area contributed by atoms with Crippen LogP contribution in [0.5, 0.6) is 0 Å². The van der Waals surface area contributed by atoms with E-state index in [0.717, 1.165) is 17.0 Å². The average molecular weight is 369 g/mol. The molecule has 0 spiro atoms. The summed E-state index contributed by atoms with van der Waals surface area (Å²) in [5.74, 6) is -0.807. The van der Waals surface area contributed by atoms with Crippen molar-refractivity contribution in [3.8, 4) is 0 Å². The van der Waals surface area contributed by atoms with Crippen molar-refractivity contribution in [1.82, 2.24) is 4.98 Å². The van der Waals surface area contributed by atoms with Gasteiger partial charge in [-0.15, -0.1) is 0 Å². The largest absolute Gasteiger partial charge is 0.361 e. The Kier molecular flexibility index (Phi) is 3.46. The lowest BCUT2D eigenvalue weighted by Crippen LogP contribution is -2.14. The van der Waals surface area contributed by atoms with Crippen LogP contribution in [0.3, 0.4) is 0 Å². The predicted octanol–water partition coefficient (Wildman–Crippen LogP) is 3.87. The van der Waals surface area contributed by atoms with Gasteiger partial charge in [0.15, 0.2) is 0 Å². The number of aromatic nitrogens is 1. The standard InChI is InChI=1S/C14H10BrFN2O2S/c15-9-4-5-14(11(16)8-9)21(19,20)18-13-3-1-2-12-10(13)6-7-17-12/h1-8,17-18H. The first-order chi connectivity index (χ1) is 9.97. The Labute approximate surface area is 129 Å². The molecular weight excluding hydrogens is 359 g/mol. The van der Waals surface area contributed by atoms with Crippen molar-refractivity contribution in [2.75, 3.05) is 4.72 Å². The highest BCUT2D eigenvalue weighted by molar-refractivity contribution is 9.10. The lowest BCUT2D eigenvalue weighted by Gasteiger charge is -2.10. The van der Waals surface area contributed by atoms with Gasteiger partial charge < -0.3 is 4.98 Å². The maximum absolute atomic E-state index is 13.8. The second-order valence-electron chi connectivity index (χ2n) is 4.42. The lowest BCUT2D eigenvalue weighted by atomic mass is 10.2. The molecule has 1 aromatic heterocycles. The van der Waals surface area contributed by atoms with Crippen molar-refractivity contribution in [2.45, 2.75) is 4.90 Å². The number of anilines is 1. The molecule has 2 N–H and O–H groups in total. The van der Waals surface area contributed by atoms with E-state index in [0.29, 0.717) is 10.2 Å². The summed E-state index contributed by atoms with van der Waals surface area (Å²) in [4.78, 5) is 2.60. The normalized spacial score (nSPS) is 11.7. The smallest absolute Gasteiger partial charge is 0.264 e.